The SMILES string of the molecule is Cc1ncsc1CCN1C[C@@H](C)[C@H](C(=O)O)C1. The van der Waals surface area contributed by atoms with Gasteiger partial charge < -0.3 is 10.0 Å². The molecule has 0 aromatic carbocycles. The number of carboxylic acids is 1. The summed E-state index contributed by atoms with van der Waals surface area (Å²) in [6, 6.07) is 0. The number of aromatic nitrogens is 1. The summed E-state index contributed by atoms with van der Waals surface area (Å²) in [5.74, 6) is -0.596. The van der Waals surface area contributed by atoms with E-state index >= 15 is 0 Å². The van der Waals surface area contributed by atoms with Gasteiger partial charge in [-0.2, -0.15) is 0 Å². The molecule has 0 saturated carbocycles. The fourth-order valence-corrected chi connectivity index (χ4v) is 3.17. The van der Waals surface area contributed by atoms with Gasteiger partial charge in [-0.25, -0.2) is 4.98 Å². The van der Waals surface area contributed by atoms with Crippen LogP contribution < -0.4 is 0 Å². The van der Waals surface area contributed by atoms with E-state index in [1.807, 2.05) is 19.4 Å². The van der Waals surface area contributed by atoms with Gasteiger partial charge >= 0.3 is 5.97 Å². The Morgan fingerprint density at radius 2 is 2.41 bits per heavy atom. The number of carboxylic acid groups (broad SMARTS) is 1. The summed E-state index contributed by atoms with van der Waals surface area (Å²) in [6.07, 6.45) is 0.982. The highest BCUT2D eigenvalue weighted by molar-refractivity contribution is 7.09. The standard InChI is InChI=1S/C12H18N2O2S/c1-8-5-14(6-10(8)12(15)16)4-3-11-9(2)13-7-17-11/h7-8,10H,3-6H2,1-2H3,(H,15,16)/t8-,10-/m1/s1. The maximum absolute atomic E-state index is 11.0. The predicted octanol–water partition coefficient (Wildman–Crippen LogP) is 1.65. The molecule has 1 aromatic heterocycles. The van der Waals surface area contributed by atoms with Gasteiger partial charge in [-0.15, -0.1) is 11.3 Å². The molecule has 2 heterocycles. The number of aryl methyl sites for hydroxylation is 1. The minimum Gasteiger partial charge on any atom is -0.481 e. The predicted molar refractivity (Wildman–Crippen MR) is 67.3 cm³/mol. The third-order valence-electron chi connectivity index (χ3n) is 3.51. The third kappa shape index (κ3) is 2.84. The highest BCUT2D eigenvalue weighted by Crippen LogP contribution is 2.23. The normalized spacial score (nSPS) is 25.3. The quantitative estimate of drug-likeness (QED) is 0.887. The number of thiazole rings is 1. The monoisotopic (exact) mass is 254 g/mol. The van der Waals surface area contributed by atoms with Crippen LogP contribution in [0, 0.1) is 18.8 Å². The fourth-order valence-electron chi connectivity index (χ4n) is 2.40. The molecule has 2 rings (SSSR count). The molecule has 4 nitrogen and oxygen atoms in total. The van der Waals surface area contributed by atoms with E-state index in [-0.39, 0.29) is 11.8 Å². The van der Waals surface area contributed by atoms with E-state index in [0.717, 1.165) is 25.2 Å². The zero-order chi connectivity index (χ0) is 12.4. The molecule has 1 aromatic rings. The lowest BCUT2D eigenvalue weighted by Gasteiger charge is -2.14. The van der Waals surface area contributed by atoms with E-state index in [0.29, 0.717) is 6.54 Å². The lowest BCUT2D eigenvalue weighted by Crippen LogP contribution is -2.25. The van der Waals surface area contributed by atoms with Gasteiger partial charge in [0, 0.05) is 24.5 Å². The van der Waals surface area contributed by atoms with Crippen molar-refractivity contribution in [3.05, 3.63) is 16.1 Å². The second-order valence-electron chi connectivity index (χ2n) is 4.79. The van der Waals surface area contributed by atoms with Crippen molar-refractivity contribution in [3.8, 4) is 0 Å². The summed E-state index contributed by atoms with van der Waals surface area (Å²) in [7, 11) is 0. The number of aliphatic carboxylic acids is 1. The zero-order valence-corrected chi connectivity index (χ0v) is 11.0. The van der Waals surface area contributed by atoms with Crippen molar-refractivity contribution in [3.63, 3.8) is 0 Å². The molecular formula is C12H18N2O2S. The van der Waals surface area contributed by atoms with E-state index in [1.165, 1.54) is 4.88 Å². The van der Waals surface area contributed by atoms with Gasteiger partial charge in [-0.05, 0) is 19.3 Å². The van der Waals surface area contributed by atoms with Gasteiger partial charge in [-0.3, -0.25) is 4.79 Å². The molecule has 0 bridgehead atoms. The van der Waals surface area contributed by atoms with Crippen LogP contribution in [-0.4, -0.2) is 40.6 Å². The van der Waals surface area contributed by atoms with Gasteiger partial charge in [0.1, 0.15) is 0 Å². The van der Waals surface area contributed by atoms with Crippen LogP contribution >= 0.6 is 11.3 Å². The first-order valence-electron chi connectivity index (χ1n) is 5.92. The average molecular weight is 254 g/mol. The third-order valence-corrected chi connectivity index (χ3v) is 4.50. The second-order valence-corrected chi connectivity index (χ2v) is 5.73. The Labute approximate surface area is 105 Å². The van der Waals surface area contributed by atoms with Crippen LogP contribution in [0.15, 0.2) is 5.51 Å². The van der Waals surface area contributed by atoms with Crippen molar-refractivity contribution >= 4 is 17.3 Å². The van der Waals surface area contributed by atoms with E-state index in [2.05, 4.69) is 9.88 Å². The molecular weight excluding hydrogens is 236 g/mol. The summed E-state index contributed by atoms with van der Waals surface area (Å²) in [4.78, 5) is 18.8. The van der Waals surface area contributed by atoms with E-state index < -0.39 is 5.97 Å². The molecule has 0 radical (unpaired) electrons. The van der Waals surface area contributed by atoms with Gasteiger partial charge in [-0.1, -0.05) is 6.92 Å². The maximum Gasteiger partial charge on any atom is 0.308 e. The van der Waals surface area contributed by atoms with Gasteiger partial charge in [0.05, 0.1) is 17.1 Å². The molecule has 94 valence electrons. The van der Waals surface area contributed by atoms with Crippen molar-refractivity contribution in [2.75, 3.05) is 19.6 Å². The Balaban J connectivity index is 1.86. The van der Waals surface area contributed by atoms with Crippen LogP contribution in [0.5, 0.6) is 0 Å². The minimum atomic E-state index is -0.658. The Morgan fingerprint density at radius 3 is 2.94 bits per heavy atom. The average Bonchev–Trinajstić information content (AvgIpc) is 2.82. The number of rotatable bonds is 4. The molecule has 0 unspecified atom stereocenters. The van der Waals surface area contributed by atoms with E-state index in [4.69, 9.17) is 5.11 Å². The summed E-state index contributed by atoms with van der Waals surface area (Å²) in [5, 5.41) is 9.06. The first-order valence-corrected chi connectivity index (χ1v) is 6.80. The Hall–Kier alpha value is -0.940. The summed E-state index contributed by atoms with van der Waals surface area (Å²) in [5.41, 5.74) is 2.98. The molecule has 1 fully saturated rings. The molecule has 1 N–H and O–H groups in total. The number of likely N-dealkylation sites (tertiary alicyclic amines) is 1. The van der Waals surface area contributed by atoms with Gasteiger partial charge in [0.2, 0.25) is 0 Å². The molecule has 1 aliphatic heterocycles. The second kappa shape index (κ2) is 5.14. The lowest BCUT2D eigenvalue weighted by molar-refractivity contribution is -0.142. The number of nitrogens with zero attached hydrogens (tertiary/aromatic N) is 2. The molecule has 0 amide bonds. The largest absolute Gasteiger partial charge is 0.481 e. The number of carbonyl (C=O) groups is 1. The summed E-state index contributed by atoms with van der Waals surface area (Å²) >= 11 is 1.69. The number of hydrogen-bond donors (Lipinski definition) is 1. The molecule has 2 atom stereocenters. The minimum absolute atomic E-state index is 0.197. The Bertz CT molecular complexity index is 405. The van der Waals surface area contributed by atoms with Crippen molar-refractivity contribution in [2.24, 2.45) is 11.8 Å². The molecule has 1 aliphatic rings. The van der Waals surface area contributed by atoms with Crippen LogP contribution in [0.4, 0.5) is 0 Å². The van der Waals surface area contributed by atoms with Crippen molar-refractivity contribution < 1.29 is 9.90 Å². The van der Waals surface area contributed by atoms with Crippen molar-refractivity contribution in [1.29, 1.82) is 0 Å². The summed E-state index contributed by atoms with van der Waals surface area (Å²) in [6.45, 7) is 6.58. The Kier molecular flexibility index (Phi) is 3.79. The van der Waals surface area contributed by atoms with Crippen molar-refractivity contribution in [2.45, 2.75) is 20.3 Å². The molecule has 17 heavy (non-hydrogen) atoms. The fraction of sp³-hybridized carbons (Fsp3) is 0.667. The number of hydrogen-bond acceptors (Lipinski definition) is 4. The van der Waals surface area contributed by atoms with Crippen LogP contribution in [-0.2, 0) is 11.2 Å². The van der Waals surface area contributed by atoms with Gasteiger partial charge in [0.15, 0.2) is 0 Å². The first kappa shape index (κ1) is 12.5. The molecule has 1 saturated heterocycles. The molecule has 5 heteroatoms. The zero-order valence-electron chi connectivity index (χ0n) is 10.2. The van der Waals surface area contributed by atoms with Gasteiger partial charge in [0.25, 0.3) is 0 Å². The smallest absolute Gasteiger partial charge is 0.308 e. The Morgan fingerprint density at radius 1 is 1.65 bits per heavy atom. The van der Waals surface area contributed by atoms with Crippen LogP contribution in [0.2, 0.25) is 0 Å². The lowest BCUT2D eigenvalue weighted by atomic mass is 9.99. The topological polar surface area (TPSA) is 53.4 Å². The van der Waals surface area contributed by atoms with E-state index in [1.54, 1.807) is 11.3 Å². The summed E-state index contributed by atoms with van der Waals surface area (Å²) < 4.78 is 0. The van der Waals surface area contributed by atoms with Crippen LogP contribution in [0.3, 0.4) is 0 Å². The van der Waals surface area contributed by atoms with Crippen molar-refractivity contribution in [1.82, 2.24) is 9.88 Å². The highest BCUT2D eigenvalue weighted by Gasteiger charge is 2.34. The molecule has 0 aliphatic carbocycles. The van der Waals surface area contributed by atoms with E-state index in [9.17, 15) is 4.79 Å². The van der Waals surface area contributed by atoms with Crippen LogP contribution in [0.25, 0.3) is 0 Å². The molecule has 0 spiro atoms. The maximum atomic E-state index is 11.0. The van der Waals surface area contributed by atoms with Crippen LogP contribution in [0.1, 0.15) is 17.5 Å². The first-order chi connectivity index (χ1) is 8.08. The highest BCUT2D eigenvalue weighted by atomic mass is 32.1.